The fraction of sp³-hybridized carbons (Fsp3) is 0.450. The van der Waals surface area contributed by atoms with Gasteiger partial charge in [-0.2, -0.15) is 0 Å². The Morgan fingerprint density at radius 2 is 2.00 bits per heavy atom. The van der Waals surface area contributed by atoms with Crippen molar-refractivity contribution in [3.05, 3.63) is 41.1 Å². The lowest BCUT2D eigenvalue weighted by molar-refractivity contribution is -0.138. The molecule has 0 atom stereocenters. The van der Waals surface area contributed by atoms with Gasteiger partial charge in [-0.3, -0.25) is 9.69 Å². The van der Waals surface area contributed by atoms with Gasteiger partial charge in [0.15, 0.2) is 0 Å². The number of hydrogen-bond acceptors (Lipinski definition) is 5. The molecule has 1 aliphatic heterocycles. The van der Waals surface area contributed by atoms with Gasteiger partial charge < -0.3 is 20.7 Å². The molecule has 1 aromatic rings. The molecule has 1 heterocycles. The monoisotopic (exact) mass is 388 g/mol. The van der Waals surface area contributed by atoms with Crippen LogP contribution >= 0.6 is 0 Å². The first kappa shape index (κ1) is 21.4. The molecule has 0 bridgehead atoms. The Balaban J connectivity index is 2.11. The fourth-order valence-electron chi connectivity index (χ4n) is 2.94. The van der Waals surface area contributed by atoms with Crippen LogP contribution in [0.25, 0.3) is 0 Å². The maximum atomic E-state index is 12.5. The number of amides is 3. The minimum absolute atomic E-state index is 0.107. The molecule has 1 aromatic carbocycles. The molecular weight excluding hydrogens is 360 g/mol. The van der Waals surface area contributed by atoms with Gasteiger partial charge in [-0.05, 0) is 38.4 Å². The van der Waals surface area contributed by atoms with Gasteiger partial charge in [0.05, 0.1) is 25.3 Å². The lowest BCUT2D eigenvalue weighted by Gasteiger charge is -2.27. The second-order valence-electron chi connectivity index (χ2n) is 6.56. The van der Waals surface area contributed by atoms with E-state index in [1.807, 2.05) is 43.0 Å². The maximum Gasteiger partial charge on any atom is 0.337 e. The molecule has 1 aliphatic rings. The first-order chi connectivity index (χ1) is 13.4. The number of carbonyl (C=O) groups excluding carboxylic acids is 3. The summed E-state index contributed by atoms with van der Waals surface area (Å²) in [4.78, 5) is 38.3. The van der Waals surface area contributed by atoms with Gasteiger partial charge in [-0.25, -0.2) is 9.59 Å². The van der Waals surface area contributed by atoms with Crippen molar-refractivity contribution in [2.75, 3.05) is 38.1 Å². The third-order valence-corrected chi connectivity index (χ3v) is 4.28. The Kier molecular flexibility index (Phi) is 8.01. The lowest BCUT2D eigenvalue weighted by atomic mass is 10.1. The average Bonchev–Trinajstić information content (AvgIpc) is 2.64. The van der Waals surface area contributed by atoms with Gasteiger partial charge in [0.1, 0.15) is 0 Å². The number of urea groups is 1. The van der Waals surface area contributed by atoms with Crippen LogP contribution < -0.4 is 16.0 Å². The van der Waals surface area contributed by atoms with E-state index < -0.39 is 5.97 Å². The van der Waals surface area contributed by atoms with E-state index in [4.69, 9.17) is 4.74 Å². The van der Waals surface area contributed by atoms with Crippen LogP contribution in [-0.2, 0) is 14.3 Å². The number of benzene rings is 1. The topological polar surface area (TPSA) is 99.8 Å². The predicted octanol–water partition coefficient (Wildman–Crippen LogP) is 1.78. The molecular formula is C20H28N4O4. The van der Waals surface area contributed by atoms with Crippen LogP contribution in [0.4, 0.5) is 10.5 Å². The minimum Gasteiger partial charge on any atom is -0.463 e. The third kappa shape index (κ3) is 6.09. The van der Waals surface area contributed by atoms with Gasteiger partial charge in [-0.1, -0.05) is 25.1 Å². The molecule has 0 unspecified atom stereocenters. The Hall–Kier alpha value is -2.87. The zero-order chi connectivity index (χ0) is 20.5. The number of nitrogens with one attached hydrogen (secondary N) is 3. The molecule has 3 N–H and O–H groups in total. The summed E-state index contributed by atoms with van der Waals surface area (Å²) < 4.78 is 5.08. The molecule has 2 rings (SSSR count). The van der Waals surface area contributed by atoms with Crippen molar-refractivity contribution >= 4 is 23.6 Å². The van der Waals surface area contributed by atoms with E-state index in [1.54, 1.807) is 6.92 Å². The van der Waals surface area contributed by atoms with E-state index in [0.29, 0.717) is 17.8 Å². The SMILES string of the molecule is CCCN(CC(=O)Nc1ccccc1C)CC1=C(C(=O)OCC)CNC(=O)N1. The standard InChI is InChI=1S/C20H28N4O4/c1-4-10-24(13-18(25)22-16-9-7-6-8-14(16)3)12-17-15(19(26)28-5-2)11-21-20(27)23-17/h6-9H,4-5,10-13H2,1-3H3,(H,22,25)(H2,21,23,27). The Bertz CT molecular complexity index is 760. The normalized spacial score (nSPS) is 13.8. The van der Waals surface area contributed by atoms with Crippen LogP contribution in [-0.4, -0.2) is 55.6 Å². The van der Waals surface area contributed by atoms with Crippen molar-refractivity contribution in [2.45, 2.75) is 27.2 Å². The fourth-order valence-corrected chi connectivity index (χ4v) is 2.94. The zero-order valence-corrected chi connectivity index (χ0v) is 16.6. The summed E-state index contributed by atoms with van der Waals surface area (Å²) in [7, 11) is 0. The van der Waals surface area contributed by atoms with Crippen molar-refractivity contribution in [1.29, 1.82) is 0 Å². The number of aryl methyl sites for hydroxylation is 1. The number of ether oxygens (including phenoxy) is 1. The van der Waals surface area contributed by atoms with Gasteiger partial charge in [-0.15, -0.1) is 0 Å². The Labute approximate surface area is 165 Å². The highest BCUT2D eigenvalue weighted by atomic mass is 16.5. The van der Waals surface area contributed by atoms with Crippen LogP contribution in [0.1, 0.15) is 25.8 Å². The lowest BCUT2D eigenvalue weighted by Crippen LogP contribution is -2.47. The van der Waals surface area contributed by atoms with Gasteiger partial charge >= 0.3 is 12.0 Å². The summed E-state index contributed by atoms with van der Waals surface area (Å²) >= 11 is 0. The number of carbonyl (C=O) groups is 3. The molecule has 28 heavy (non-hydrogen) atoms. The highest BCUT2D eigenvalue weighted by Crippen LogP contribution is 2.14. The molecule has 0 saturated heterocycles. The summed E-state index contributed by atoms with van der Waals surface area (Å²) in [5.74, 6) is -0.618. The van der Waals surface area contributed by atoms with E-state index in [-0.39, 0.29) is 38.2 Å². The third-order valence-electron chi connectivity index (χ3n) is 4.28. The van der Waals surface area contributed by atoms with Crippen LogP contribution in [0.5, 0.6) is 0 Å². The Morgan fingerprint density at radius 1 is 1.25 bits per heavy atom. The number of esters is 1. The number of rotatable bonds is 9. The predicted molar refractivity (Wildman–Crippen MR) is 107 cm³/mol. The summed E-state index contributed by atoms with van der Waals surface area (Å²) in [5, 5.41) is 8.17. The van der Waals surface area contributed by atoms with Crippen LogP contribution in [0.15, 0.2) is 35.5 Å². The molecule has 152 valence electrons. The van der Waals surface area contributed by atoms with Crippen LogP contribution in [0, 0.1) is 6.92 Å². The summed E-state index contributed by atoms with van der Waals surface area (Å²) in [6, 6.07) is 7.20. The molecule has 0 aromatic heterocycles. The van der Waals surface area contributed by atoms with Gasteiger partial charge in [0, 0.05) is 17.9 Å². The van der Waals surface area contributed by atoms with E-state index in [2.05, 4.69) is 16.0 Å². The summed E-state index contributed by atoms with van der Waals surface area (Å²) in [6.45, 7) is 7.09. The molecule has 8 heteroatoms. The second kappa shape index (κ2) is 10.5. The highest BCUT2D eigenvalue weighted by Gasteiger charge is 2.25. The molecule has 0 aliphatic carbocycles. The molecule has 3 amide bonds. The van der Waals surface area contributed by atoms with Crippen LogP contribution in [0.3, 0.4) is 0 Å². The Morgan fingerprint density at radius 3 is 2.68 bits per heavy atom. The molecule has 0 spiro atoms. The first-order valence-electron chi connectivity index (χ1n) is 9.46. The quantitative estimate of drug-likeness (QED) is 0.560. The maximum absolute atomic E-state index is 12.5. The van der Waals surface area contributed by atoms with Crippen LogP contribution in [0.2, 0.25) is 0 Å². The summed E-state index contributed by atoms with van der Waals surface area (Å²) in [6.07, 6.45) is 0.825. The minimum atomic E-state index is -0.467. The highest BCUT2D eigenvalue weighted by molar-refractivity contribution is 5.94. The number of hydrogen-bond donors (Lipinski definition) is 3. The second-order valence-corrected chi connectivity index (χ2v) is 6.56. The zero-order valence-electron chi connectivity index (χ0n) is 16.6. The van der Waals surface area contributed by atoms with Crippen molar-refractivity contribution in [2.24, 2.45) is 0 Å². The van der Waals surface area contributed by atoms with Crippen molar-refractivity contribution in [3.63, 3.8) is 0 Å². The van der Waals surface area contributed by atoms with E-state index >= 15 is 0 Å². The van der Waals surface area contributed by atoms with Crippen molar-refractivity contribution < 1.29 is 19.1 Å². The van der Waals surface area contributed by atoms with E-state index in [1.165, 1.54) is 0 Å². The number of anilines is 1. The van der Waals surface area contributed by atoms with Gasteiger partial charge in [0.25, 0.3) is 0 Å². The van der Waals surface area contributed by atoms with E-state index in [9.17, 15) is 14.4 Å². The van der Waals surface area contributed by atoms with Crippen molar-refractivity contribution in [1.82, 2.24) is 15.5 Å². The smallest absolute Gasteiger partial charge is 0.337 e. The van der Waals surface area contributed by atoms with Crippen molar-refractivity contribution in [3.8, 4) is 0 Å². The van der Waals surface area contributed by atoms with Gasteiger partial charge in [0.2, 0.25) is 5.91 Å². The molecule has 0 fully saturated rings. The summed E-state index contributed by atoms with van der Waals surface area (Å²) in [5.41, 5.74) is 2.60. The molecule has 0 radical (unpaired) electrons. The molecule has 8 nitrogen and oxygen atoms in total. The number of nitrogens with zero attached hydrogens (tertiary/aromatic N) is 1. The largest absolute Gasteiger partial charge is 0.463 e. The van der Waals surface area contributed by atoms with E-state index in [0.717, 1.165) is 17.7 Å². The average molecular weight is 388 g/mol. The molecule has 0 saturated carbocycles. The number of para-hydroxylation sites is 1. The first-order valence-corrected chi connectivity index (χ1v) is 9.46.